The van der Waals surface area contributed by atoms with E-state index in [4.69, 9.17) is 4.74 Å². The highest BCUT2D eigenvalue weighted by atomic mass is 16.6. The molecule has 1 aromatic heterocycles. The third-order valence-corrected chi connectivity index (χ3v) is 4.11. The minimum Gasteiger partial charge on any atom is -0.444 e. The molecule has 2 aliphatic rings. The van der Waals surface area contributed by atoms with Crippen LogP contribution in [0.2, 0.25) is 0 Å². The summed E-state index contributed by atoms with van der Waals surface area (Å²) in [6, 6.07) is 3.41. The topological polar surface area (TPSA) is 88.8 Å². The molecule has 0 saturated carbocycles. The average molecular weight is 320 g/mol. The van der Waals surface area contributed by atoms with Crippen molar-refractivity contribution in [3.8, 4) is 0 Å². The Bertz CT molecular complexity index is 625. The SMILES string of the molecule is CC(C)(C)OC(=O)N1C[C@H]2CC1CN2c1ccc([N+](=O)[O-])cn1. The standard InChI is InChI=1S/C15H20N4O4/c1-15(2,3)23-14(20)18-9-11-6-12(18)8-17(11)13-5-4-10(7-16-13)19(21)22/h4-5,7,11-12H,6,8-9H2,1-3H3/t11-,12?/m1/s1. The fourth-order valence-electron chi connectivity index (χ4n) is 3.15. The maximum Gasteiger partial charge on any atom is 0.410 e. The summed E-state index contributed by atoms with van der Waals surface area (Å²) in [5.74, 6) is 0.715. The first-order chi connectivity index (χ1) is 10.7. The Hall–Kier alpha value is -2.38. The number of ether oxygens (including phenoxy) is 1. The second kappa shape index (κ2) is 5.36. The van der Waals surface area contributed by atoms with E-state index in [-0.39, 0.29) is 23.9 Å². The zero-order chi connectivity index (χ0) is 16.8. The van der Waals surface area contributed by atoms with Crippen LogP contribution in [0.1, 0.15) is 27.2 Å². The summed E-state index contributed by atoms with van der Waals surface area (Å²) in [5.41, 5.74) is -0.521. The van der Waals surface area contributed by atoms with E-state index in [1.54, 1.807) is 11.0 Å². The van der Waals surface area contributed by atoms with E-state index in [0.29, 0.717) is 18.9 Å². The predicted molar refractivity (Wildman–Crippen MR) is 83.4 cm³/mol. The molecule has 0 N–H and O–H groups in total. The minimum atomic E-state index is -0.501. The second-order valence-electron chi connectivity index (χ2n) is 6.96. The van der Waals surface area contributed by atoms with Crippen LogP contribution in [0.25, 0.3) is 0 Å². The number of hydrogen-bond acceptors (Lipinski definition) is 6. The quantitative estimate of drug-likeness (QED) is 0.613. The van der Waals surface area contributed by atoms with Crippen molar-refractivity contribution in [2.75, 3.05) is 18.0 Å². The Kier molecular flexibility index (Phi) is 3.62. The first kappa shape index (κ1) is 15.5. The summed E-state index contributed by atoms with van der Waals surface area (Å²) in [4.78, 5) is 30.5. The van der Waals surface area contributed by atoms with Crippen LogP contribution in [0.5, 0.6) is 0 Å². The number of anilines is 1. The van der Waals surface area contributed by atoms with Crippen molar-refractivity contribution in [1.82, 2.24) is 9.88 Å². The predicted octanol–water partition coefficient (Wildman–Crippen LogP) is 2.19. The summed E-state index contributed by atoms with van der Waals surface area (Å²) >= 11 is 0. The van der Waals surface area contributed by atoms with Crippen molar-refractivity contribution in [2.45, 2.75) is 44.9 Å². The molecule has 0 aliphatic carbocycles. The smallest absolute Gasteiger partial charge is 0.410 e. The highest BCUT2D eigenvalue weighted by molar-refractivity contribution is 5.70. The number of hydrogen-bond donors (Lipinski definition) is 0. The molecule has 23 heavy (non-hydrogen) atoms. The highest BCUT2D eigenvalue weighted by Crippen LogP contribution is 2.34. The molecule has 124 valence electrons. The largest absolute Gasteiger partial charge is 0.444 e. The van der Waals surface area contributed by atoms with Crippen molar-refractivity contribution in [1.29, 1.82) is 0 Å². The summed E-state index contributed by atoms with van der Waals surface area (Å²) in [6.07, 6.45) is 1.87. The third kappa shape index (κ3) is 3.06. The van der Waals surface area contributed by atoms with Gasteiger partial charge in [-0.25, -0.2) is 9.78 Å². The lowest BCUT2D eigenvalue weighted by molar-refractivity contribution is -0.385. The number of rotatable bonds is 2. The van der Waals surface area contributed by atoms with Crippen molar-refractivity contribution in [3.63, 3.8) is 0 Å². The Morgan fingerprint density at radius 1 is 1.35 bits per heavy atom. The molecular formula is C15H20N4O4. The van der Waals surface area contributed by atoms with Crippen LogP contribution in [-0.2, 0) is 4.74 Å². The number of fused-ring (bicyclic) bond motifs is 2. The van der Waals surface area contributed by atoms with Gasteiger partial charge in [-0.1, -0.05) is 0 Å². The number of nitrogens with zero attached hydrogens (tertiary/aromatic N) is 4. The molecule has 2 aliphatic heterocycles. The Balaban J connectivity index is 1.66. The number of nitro groups is 1. The molecule has 1 unspecified atom stereocenters. The van der Waals surface area contributed by atoms with E-state index in [1.165, 1.54) is 12.3 Å². The molecule has 0 aromatic carbocycles. The molecule has 2 bridgehead atoms. The van der Waals surface area contributed by atoms with Gasteiger partial charge in [-0.15, -0.1) is 0 Å². The lowest BCUT2D eigenvalue weighted by Crippen LogP contribution is -2.50. The van der Waals surface area contributed by atoms with E-state index in [0.717, 1.165) is 6.42 Å². The fraction of sp³-hybridized carbons (Fsp3) is 0.600. The first-order valence-corrected chi connectivity index (χ1v) is 7.61. The van der Waals surface area contributed by atoms with Crippen LogP contribution in [0, 0.1) is 10.1 Å². The van der Waals surface area contributed by atoms with Gasteiger partial charge < -0.3 is 14.5 Å². The molecule has 8 heteroatoms. The number of carbonyl (C=O) groups excluding carboxylic acids is 1. The van der Waals surface area contributed by atoms with Gasteiger partial charge in [-0.05, 0) is 33.3 Å². The van der Waals surface area contributed by atoms with E-state index in [9.17, 15) is 14.9 Å². The molecule has 2 fully saturated rings. The molecule has 1 amide bonds. The molecular weight excluding hydrogens is 300 g/mol. The van der Waals surface area contributed by atoms with Gasteiger partial charge in [-0.3, -0.25) is 10.1 Å². The summed E-state index contributed by atoms with van der Waals surface area (Å²) < 4.78 is 5.44. The Morgan fingerprint density at radius 3 is 2.57 bits per heavy atom. The van der Waals surface area contributed by atoms with E-state index in [1.807, 2.05) is 20.8 Å². The molecule has 2 atom stereocenters. The van der Waals surface area contributed by atoms with Gasteiger partial charge in [0.2, 0.25) is 0 Å². The molecule has 3 heterocycles. The normalized spacial score (nSPS) is 23.3. The summed E-state index contributed by atoms with van der Waals surface area (Å²) in [7, 11) is 0. The van der Waals surface area contributed by atoms with Crippen molar-refractivity contribution in [3.05, 3.63) is 28.4 Å². The summed E-state index contributed by atoms with van der Waals surface area (Å²) in [6.45, 7) is 6.83. The second-order valence-corrected chi connectivity index (χ2v) is 6.96. The highest BCUT2D eigenvalue weighted by Gasteiger charge is 2.46. The lowest BCUT2D eigenvalue weighted by Gasteiger charge is -2.35. The fourth-order valence-corrected chi connectivity index (χ4v) is 3.15. The van der Waals surface area contributed by atoms with Gasteiger partial charge in [0.1, 0.15) is 17.6 Å². The number of pyridine rings is 1. The van der Waals surface area contributed by atoms with Crippen LogP contribution < -0.4 is 4.90 Å². The number of carbonyl (C=O) groups is 1. The van der Waals surface area contributed by atoms with Crippen molar-refractivity contribution >= 4 is 17.6 Å². The molecule has 2 saturated heterocycles. The van der Waals surface area contributed by atoms with Gasteiger partial charge in [-0.2, -0.15) is 0 Å². The van der Waals surface area contributed by atoms with Crippen LogP contribution in [0.15, 0.2) is 18.3 Å². The van der Waals surface area contributed by atoms with Gasteiger partial charge in [0, 0.05) is 19.2 Å². The van der Waals surface area contributed by atoms with Crippen LogP contribution in [0.4, 0.5) is 16.3 Å². The molecule has 0 spiro atoms. The molecule has 3 rings (SSSR count). The zero-order valence-electron chi connectivity index (χ0n) is 13.4. The monoisotopic (exact) mass is 320 g/mol. The van der Waals surface area contributed by atoms with Crippen LogP contribution >= 0.6 is 0 Å². The molecule has 1 aromatic rings. The zero-order valence-corrected chi connectivity index (χ0v) is 13.4. The van der Waals surface area contributed by atoms with Crippen LogP contribution in [0.3, 0.4) is 0 Å². The Labute approximate surface area is 134 Å². The molecule has 0 radical (unpaired) electrons. The van der Waals surface area contributed by atoms with E-state index < -0.39 is 10.5 Å². The van der Waals surface area contributed by atoms with Gasteiger partial charge >= 0.3 is 6.09 Å². The first-order valence-electron chi connectivity index (χ1n) is 7.61. The number of piperazine rings is 1. The lowest BCUT2D eigenvalue weighted by atomic mass is 10.2. The van der Waals surface area contributed by atoms with Gasteiger partial charge in [0.05, 0.1) is 17.0 Å². The summed E-state index contributed by atoms with van der Waals surface area (Å²) in [5, 5.41) is 10.7. The van der Waals surface area contributed by atoms with Gasteiger partial charge in [0.15, 0.2) is 0 Å². The number of likely N-dealkylation sites (tertiary alicyclic amines) is 1. The number of amides is 1. The third-order valence-electron chi connectivity index (χ3n) is 4.11. The number of aromatic nitrogens is 1. The van der Waals surface area contributed by atoms with E-state index >= 15 is 0 Å². The minimum absolute atomic E-state index is 0.0199. The maximum atomic E-state index is 12.2. The van der Waals surface area contributed by atoms with Crippen LogP contribution in [-0.4, -0.2) is 51.7 Å². The maximum absolute atomic E-state index is 12.2. The van der Waals surface area contributed by atoms with E-state index in [2.05, 4.69) is 9.88 Å². The van der Waals surface area contributed by atoms with Crippen molar-refractivity contribution in [2.24, 2.45) is 0 Å². The molecule has 8 nitrogen and oxygen atoms in total. The van der Waals surface area contributed by atoms with Gasteiger partial charge in [0.25, 0.3) is 5.69 Å². The van der Waals surface area contributed by atoms with Crippen molar-refractivity contribution < 1.29 is 14.5 Å². The average Bonchev–Trinajstić information content (AvgIpc) is 3.05. The Morgan fingerprint density at radius 2 is 2.09 bits per heavy atom.